The molecule has 0 aliphatic carbocycles. The van der Waals surface area contributed by atoms with Crippen LogP contribution in [-0.4, -0.2) is 28.0 Å². The van der Waals surface area contributed by atoms with Crippen LogP contribution in [0.1, 0.15) is 11.1 Å². The number of hydrogen-bond donors (Lipinski definition) is 2. The van der Waals surface area contributed by atoms with E-state index in [1.807, 2.05) is 25.1 Å². The minimum atomic E-state index is -3.58. The van der Waals surface area contributed by atoms with Crippen LogP contribution in [0, 0.1) is 13.8 Å². The number of rotatable bonds is 6. The molecule has 0 saturated carbocycles. The van der Waals surface area contributed by atoms with Crippen molar-refractivity contribution in [2.24, 2.45) is 0 Å². The van der Waals surface area contributed by atoms with E-state index in [4.69, 9.17) is 4.74 Å². The fraction of sp³-hybridized carbons (Fsp3) is 0.235. The van der Waals surface area contributed by atoms with E-state index in [0.717, 1.165) is 5.56 Å². The minimum absolute atomic E-state index is 0.127. The van der Waals surface area contributed by atoms with Crippen molar-refractivity contribution in [2.45, 2.75) is 18.7 Å². The first kappa shape index (κ1) is 18.0. The Bertz CT molecular complexity index is 847. The summed E-state index contributed by atoms with van der Waals surface area (Å²) in [5, 5.41) is 2.63. The molecule has 2 rings (SSSR count). The van der Waals surface area contributed by atoms with Crippen LogP contribution in [0.15, 0.2) is 47.4 Å². The van der Waals surface area contributed by atoms with Crippen LogP contribution in [0.4, 0.5) is 5.69 Å². The lowest BCUT2D eigenvalue weighted by molar-refractivity contribution is -0.118. The van der Waals surface area contributed by atoms with Crippen LogP contribution < -0.4 is 14.8 Å². The molecule has 2 aromatic carbocycles. The summed E-state index contributed by atoms with van der Waals surface area (Å²) < 4.78 is 31.6. The van der Waals surface area contributed by atoms with Crippen molar-refractivity contribution in [1.29, 1.82) is 0 Å². The molecular weight excluding hydrogens is 328 g/mol. The van der Waals surface area contributed by atoms with Gasteiger partial charge in [-0.1, -0.05) is 18.2 Å². The molecule has 6 nitrogen and oxygen atoms in total. The first-order chi connectivity index (χ1) is 11.3. The van der Waals surface area contributed by atoms with Gasteiger partial charge in [-0.3, -0.25) is 4.79 Å². The third kappa shape index (κ3) is 4.56. The average molecular weight is 348 g/mol. The van der Waals surface area contributed by atoms with E-state index < -0.39 is 10.0 Å². The molecule has 128 valence electrons. The van der Waals surface area contributed by atoms with Gasteiger partial charge in [0.2, 0.25) is 10.0 Å². The highest BCUT2D eigenvalue weighted by Gasteiger charge is 2.15. The number of nitrogens with one attached hydrogen (secondary N) is 2. The molecule has 0 aliphatic rings. The van der Waals surface area contributed by atoms with Crippen molar-refractivity contribution in [3.8, 4) is 5.75 Å². The lowest BCUT2D eigenvalue weighted by Gasteiger charge is -2.11. The summed E-state index contributed by atoms with van der Waals surface area (Å²) in [5.41, 5.74) is 2.03. The average Bonchev–Trinajstić information content (AvgIpc) is 2.54. The van der Waals surface area contributed by atoms with Gasteiger partial charge >= 0.3 is 0 Å². The maximum Gasteiger partial charge on any atom is 0.262 e. The van der Waals surface area contributed by atoms with Gasteiger partial charge in [-0.05, 0) is 56.3 Å². The molecular formula is C17H20N2O4S. The van der Waals surface area contributed by atoms with E-state index in [1.165, 1.54) is 13.1 Å². The molecule has 0 fully saturated rings. The second kappa shape index (κ2) is 7.46. The number of hydrogen-bond acceptors (Lipinski definition) is 4. The van der Waals surface area contributed by atoms with E-state index in [9.17, 15) is 13.2 Å². The Morgan fingerprint density at radius 3 is 2.54 bits per heavy atom. The highest BCUT2D eigenvalue weighted by Crippen LogP contribution is 2.20. The van der Waals surface area contributed by atoms with E-state index in [0.29, 0.717) is 17.0 Å². The molecule has 0 spiro atoms. The Balaban J connectivity index is 2.05. The number of amides is 1. The quantitative estimate of drug-likeness (QED) is 0.838. The van der Waals surface area contributed by atoms with Crippen molar-refractivity contribution < 1.29 is 17.9 Å². The smallest absolute Gasteiger partial charge is 0.262 e. The lowest BCUT2D eigenvalue weighted by atomic mass is 10.2. The molecule has 0 unspecified atom stereocenters. The standard InChI is InChI=1S/C17H20N2O4S/c1-12-5-4-6-15(9-12)23-11-17(20)19-14-8-7-13(2)16(10-14)24(21,22)18-3/h4-10,18H,11H2,1-3H3,(H,19,20). The molecule has 7 heteroatoms. The summed E-state index contributed by atoms with van der Waals surface area (Å²) >= 11 is 0. The number of sulfonamides is 1. The summed E-state index contributed by atoms with van der Waals surface area (Å²) in [7, 11) is -2.24. The second-order valence-electron chi connectivity index (χ2n) is 5.34. The van der Waals surface area contributed by atoms with Gasteiger partial charge < -0.3 is 10.1 Å². The molecule has 24 heavy (non-hydrogen) atoms. The summed E-state index contributed by atoms with van der Waals surface area (Å²) in [6.07, 6.45) is 0. The zero-order chi connectivity index (χ0) is 17.7. The van der Waals surface area contributed by atoms with Crippen molar-refractivity contribution in [2.75, 3.05) is 19.0 Å². The fourth-order valence-electron chi connectivity index (χ4n) is 2.13. The molecule has 0 aliphatic heterocycles. The van der Waals surface area contributed by atoms with E-state index in [2.05, 4.69) is 10.0 Å². The molecule has 1 amide bonds. The largest absolute Gasteiger partial charge is 0.484 e. The van der Waals surface area contributed by atoms with Gasteiger partial charge in [0.25, 0.3) is 5.91 Å². The van der Waals surface area contributed by atoms with Crippen molar-refractivity contribution in [3.05, 3.63) is 53.6 Å². The molecule has 0 bridgehead atoms. The first-order valence-corrected chi connectivity index (χ1v) is 8.83. The normalized spacial score (nSPS) is 11.1. The Morgan fingerprint density at radius 1 is 1.12 bits per heavy atom. The fourth-order valence-corrected chi connectivity index (χ4v) is 3.12. The third-order valence-corrected chi connectivity index (χ3v) is 4.95. The predicted molar refractivity (Wildman–Crippen MR) is 92.7 cm³/mol. The molecule has 0 saturated heterocycles. The monoisotopic (exact) mass is 348 g/mol. The van der Waals surface area contributed by atoms with Crippen molar-refractivity contribution in [3.63, 3.8) is 0 Å². The van der Waals surface area contributed by atoms with Gasteiger partial charge in [-0.25, -0.2) is 13.1 Å². The van der Waals surface area contributed by atoms with Gasteiger partial charge in [-0.2, -0.15) is 0 Å². The van der Waals surface area contributed by atoms with Crippen LogP contribution in [0.2, 0.25) is 0 Å². The predicted octanol–water partition coefficient (Wildman–Crippen LogP) is 2.23. The first-order valence-electron chi connectivity index (χ1n) is 7.35. The van der Waals surface area contributed by atoms with Gasteiger partial charge in [0.1, 0.15) is 5.75 Å². The zero-order valence-electron chi connectivity index (χ0n) is 13.8. The molecule has 0 heterocycles. The van der Waals surface area contributed by atoms with E-state index >= 15 is 0 Å². The van der Waals surface area contributed by atoms with Gasteiger partial charge in [0.15, 0.2) is 6.61 Å². The molecule has 2 N–H and O–H groups in total. The summed E-state index contributed by atoms with van der Waals surface area (Å²) in [5.74, 6) is 0.237. The maximum atomic E-state index is 12.0. The SMILES string of the molecule is CNS(=O)(=O)c1cc(NC(=O)COc2cccc(C)c2)ccc1C. The Hall–Kier alpha value is -2.38. The Kier molecular flexibility index (Phi) is 5.58. The van der Waals surface area contributed by atoms with Crippen molar-refractivity contribution in [1.82, 2.24) is 4.72 Å². The number of carbonyl (C=O) groups excluding carboxylic acids is 1. The van der Waals surface area contributed by atoms with E-state index in [1.54, 1.807) is 25.1 Å². The number of ether oxygens (including phenoxy) is 1. The molecule has 0 atom stereocenters. The number of benzene rings is 2. The Labute approximate surface area is 141 Å². The maximum absolute atomic E-state index is 12.0. The van der Waals surface area contributed by atoms with Gasteiger partial charge in [0.05, 0.1) is 4.90 Å². The van der Waals surface area contributed by atoms with Crippen LogP contribution in [0.3, 0.4) is 0 Å². The van der Waals surface area contributed by atoms with Crippen LogP contribution >= 0.6 is 0 Å². The van der Waals surface area contributed by atoms with Crippen molar-refractivity contribution >= 4 is 21.6 Å². The minimum Gasteiger partial charge on any atom is -0.484 e. The number of aryl methyl sites for hydroxylation is 2. The van der Waals surface area contributed by atoms with Gasteiger partial charge in [0, 0.05) is 5.69 Å². The topological polar surface area (TPSA) is 84.5 Å². The highest BCUT2D eigenvalue weighted by molar-refractivity contribution is 7.89. The van der Waals surface area contributed by atoms with Gasteiger partial charge in [-0.15, -0.1) is 0 Å². The van der Waals surface area contributed by atoms with Crippen LogP contribution in [0.25, 0.3) is 0 Å². The summed E-state index contributed by atoms with van der Waals surface area (Å²) in [6, 6.07) is 12.1. The van der Waals surface area contributed by atoms with E-state index in [-0.39, 0.29) is 17.4 Å². The third-order valence-electron chi connectivity index (χ3n) is 3.39. The highest BCUT2D eigenvalue weighted by atomic mass is 32.2. The zero-order valence-corrected chi connectivity index (χ0v) is 14.6. The molecule has 0 aromatic heterocycles. The Morgan fingerprint density at radius 2 is 1.88 bits per heavy atom. The second-order valence-corrected chi connectivity index (χ2v) is 7.20. The summed E-state index contributed by atoms with van der Waals surface area (Å²) in [4.78, 5) is 12.1. The lowest BCUT2D eigenvalue weighted by Crippen LogP contribution is -2.22. The summed E-state index contributed by atoms with van der Waals surface area (Å²) in [6.45, 7) is 3.46. The van der Waals surface area contributed by atoms with Crippen LogP contribution in [0.5, 0.6) is 5.75 Å². The molecule has 0 radical (unpaired) electrons. The van der Waals surface area contributed by atoms with Crippen LogP contribution in [-0.2, 0) is 14.8 Å². The number of carbonyl (C=O) groups is 1. The molecule has 2 aromatic rings. The number of anilines is 1.